The quantitative estimate of drug-likeness (QED) is 0.828. The third-order valence-corrected chi connectivity index (χ3v) is 2.94. The average Bonchev–Trinajstić information content (AvgIpc) is 2.87. The van der Waals surface area contributed by atoms with Gasteiger partial charge in [-0.2, -0.15) is 0 Å². The number of carbonyl (C=O) groups excluding carboxylic acids is 2. The number of hydrogen-bond acceptors (Lipinski definition) is 3. The van der Waals surface area contributed by atoms with Crippen molar-refractivity contribution in [2.45, 2.75) is 13.0 Å². The van der Waals surface area contributed by atoms with Crippen LogP contribution in [0.2, 0.25) is 10.0 Å². The van der Waals surface area contributed by atoms with Gasteiger partial charge in [-0.25, -0.2) is 0 Å². The first-order valence-corrected chi connectivity index (χ1v) is 6.83. The number of amides is 2. The zero-order chi connectivity index (χ0) is 15.2. The van der Waals surface area contributed by atoms with Gasteiger partial charge >= 0.3 is 0 Å². The lowest BCUT2D eigenvalue weighted by molar-refractivity contribution is -0.127. The number of halogens is 2. The van der Waals surface area contributed by atoms with Crippen LogP contribution in [0.1, 0.15) is 12.2 Å². The number of benzene rings is 1. The lowest BCUT2D eigenvalue weighted by Gasteiger charge is -2.06. The predicted octanol–water partition coefficient (Wildman–Crippen LogP) is 3.23. The maximum atomic E-state index is 11.7. The summed E-state index contributed by atoms with van der Waals surface area (Å²) in [5, 5.41) is 5.94. The number of anilines is 1. The molecule has 0 spiro atoms. The highest BCUT2D eigenvalue weighted by Gasteiger charge is 2.10. The minimum atomic E-state index is -0.453. The Hall–Kier alpha value is -1.98. The maximum absolute atomic E-state index is 11.7. The molecular weight excluding hydrogens is 315 g/mol. The topological polar surface area (TPSA) is 71.3 Å². The molecule has 2 N–H and O–H groups in total. The predicted molar refractivity (Wildman–Crippen MR) is 80.3 cm³/mol. The van der Waals surface area contributed by atoms with Crippen LogP contribution in [0.15, 0.2) is 41.0 Å². The molecule has 0 aliphatic carbocycles. The van der Waals surface area contributed by atoms with Crippen molar-refractivity contribution < 1.29 is 14.0 Å². The molecule has 0 bridgehead atoms. The van der Waals surface area contributed by atoms with E-state index in [2.05, 4.69) is 10.6 Å². The van der Waals surface area contributed by atoms with Gasteiger partial charge in [0.25, 0.3) is 0 Å². The minimum Gasteiger partial charge on any atom is -0.467 e. The van der Waals surface area contributed by atoms with Crippen molar-refractivity contribution in [3.63, 3.8) is 0 Å². The lowest BCUT2D eigenvalue weighted by Crippen LogP contribution is -2.27. The van der Waals surface area contributed by atoms with Gasteiger partial charge in [-0.15, -0.1) is 0 Å². The number of hydrogen-bond donors (Lipinski definition) is 2. The highest BCUT2D eigenvalue weighted by molar-refractivity contribution is 6.35. The number of rotatable bonds is 5. The molecule has 0 radical (unpaired) electrons. The average molecular weight is 327 g/mol. The summed E-state index contributed by atoms with van der Waals surface area (Å²) >= 11 is 11.6. The molecule has 2 rings (SSSR count). The molecule has 21 heavy (non-hydrogen) atoms. The van der Waals surface area contributed by atoms with E-state index >= 15 is 0 Å². The molecule has 0 aliphatic rings. The fourth-order valence-corrected chi connectivity index (χ4v) is 2.16. The largest absolute Gasteiger partial charge is 0.467 e. The molecule has 0 unspecified atom stereocenters. The molecule has 0 aliphatic heterocycles. The Morgan fingerprint density at radius 2 is 1.81 bits per heavy atom. The molecule has 5 nitrogen and oxygen atoms in total. The van der Waals surface area contributed by atoms with E-state index in [0.29, 0.717) is 21.5 Å². The number of nitrogens with one attached hydrogen (secondary N) is 2. The third-order valence-electron chi connectivity index (χ3n) is 2.51. The molecule has 0 atom stereocenters. The molecule has 0 saturated heterocycles. The molecule has 1 aromatic carbocycles. The Morgan fingerprint density at radius 1 is 1.10 bits per heavy atom. The summed E-state index contributed by atoms with van der Waals surface area (Å²) in [5.41, 5.74) is 0.441. The zero-order valence-electron chi connectivity index (χ0n) is 10.9. The van der Waals surface area contributed by atoms with Gasteiger partial charge in [0.2, 0.25) is 11.8 Å². The monoisotopic (exact) mass is 326 g/mol. The van der Waals surface area contributed by atoms with Crippen LogP contribution in [0.3, 0.4) is 0 Å². The summed E-state index contributed by atoms with van der Waals surface area (Å²) in [4.78, 5) is 23.3. The first-order valence-electron chi connectivity index (χ1n) is 6.08. The van der Waals surface area contributed by atoms with E-state index < -0.39 is 11.8 Å². The van der Waals surface area contributed by atoms with E-state index in [1.807, 2.05) is 0 Å². The van der Waals surface area contributed by atoms with Gasteiger partial charge in [-0.1, -0.05) is 23.2 Å². The van der Waals surface area contributed by atoms with E-state index in [4.69, 9.17) is 27.6 Å². The summed E-state index contributed by atoms with van der Waals surface area (Å²) in [5.74, 6) is -0.243. The fourth-order valence-electron chi connectivity index (χ4n) is 1.64. The van der Waals surface area contributed by atoms with E-state index in [-0.39, 0.29) is 13.0 Å². The van der Waals surface area contributed by atoms with Gasteiger partial charge in [0.15, 0.2) is 0 Å². The van der Waals surface area contributed by atoms with Crippen LogP contribution in [0, 0.1) is 0 Å². The molecular formula is C14H12Cl2N2O3. The zero-order valence-corrected chi connectivity index (χ0v) is 12.4. The Balaban J connectivity index is 1.82. The summed E-state index contributed by atoms with van der Waals surface area (Å²) in [7, 11) is 0. The second-order valence-corrected chi connectivity index (χ2v) is 5.11. The highest BCUT2D eigenvalue weighted by atomic mass is 35.5. The second kappa shape index (κ2) is 7.15. The van der Waals surface area contributed by atoms with Crippen molar-refractivity contribution in [3.8, 4) is 0 Å². The Kier molecular flexibility index (Phi) is 5.25. The molecule has 1 heterocycles. The molecule has 110 valence electrons. The standard InChI is InChI=1S/C14H12Cl2N2O3/c15-9-4-10(16)6-11(5-9)18-14(20)7-13(19)17-8-12-2-1-3-21-12/h1-6H,7-8H2,(H,17,19)(H,18,20). The normalized spacial score (nSPS) is 10.2. The first kappa shape index (κ1) is 15.4. The smallest absolute Gasteiger partial charge is 0.233 e. The molecule has 2 amide bonds. The Morgan fingerprint density at radius 3 is 2.43 bits per heavy atom. The fraction of sp³-hybridized carbons (Fsp3) is 0.143. The maximum Gasteiger partial charge on any atom is 0.233 e. The minimum absolute atomic E-state index is 0.238. The lowest BCUT2D eigenvalue weighted by atomic mass is 10.3. The second-order valence-electron chi connectivity index (χ2n) is 4.24. The Bertz CT molecular complexity index is 621. The van der Waals surface area contributed by atoms with Crippen molar-refractivity contribution in [2.75, 3.05) is 5.32 Å². The number of furan rings is 1. The van der Waals surface area contributed by atoms with Crippen molar-refractivity contribution in [2.24, 2.45) is 0 Å². The van der Waals surface area contributed by atoms with Gasteiger partial charge in [-0.3, -0.25) is 9.59 Å². The van der Waals surface area contributed by atoms with Gasteiger partial charge in [0.1, 0.15) is 12.2 Å². The van der Waals surface area contributed by atoms with Gasteiger partial charge < -0.3 is 15.1 Å². The highest BCUT2D eigenvalue weighted by Crippen LogP contribution is 2.22. The van der Waals surface area contributed by atoms with Crippen LogP contribution in [0.5, 0.6) is 0 Å². The molecule has 2 aromatic rings. The van der Waals surface area contributed by atoms with Gasteiger partial charge in [0.05, 0.1) is 12.8 Å². The van der Waals surface area contributed by atoms with Crippen LogP contribution in [-0.4, -0.2) is 11.8 Å². The SMILES string of the molecule is O=C(CC(=O)Nc1cc(Cl)cc(Cl)c1)NCc1ccco1. The third kappa shape index (κ3) is 5.13. The van der Waals surface area contributed by atoms with Crippen molar-refractivity contribution in [3.05, 3.63) is 52.4 Å². The number of carbonyl (C=O) groups is 2. The molecule has 1 aromatic heterocycles. The van der Waals surface area contributed by atoms with E-state index in [9.17, 15) is 9.59 Å². The van der Waals surface area contributed by atoms with Crippen LogP contribution >= 0.6 is 23.2 Å². The van der Waals surface area contributed by atoms with Gasteiger partial charge in [0, 0.05) is 15.7 Å². The molecule has 0 saturated carbocycles. The summed E-state index contributed by atoms with van der Waals surface area (Å²) in [6.45, 7) is 0.238. The van der Waals surface area contributed by atoms with Crippen LogP contribution < -0.4 is 10.6 Å². The van der Waals surface area contributed by atoms with Crippen molar-refractivity contribution >= 4 is 40.7 Å². The van der Waals surface area contributed by atoms with Crippen LogP contribution in [0.25, 0.3) is 0 Å². The van der Waals surface area contributed by atoms with Crippen LogP contribution in [0.4, 0.5) is 5.69 Å². The summed E-state index contributed by atoms with van der Waals surface area (Å²) in [6.07, 6.45) is 1.21. The van der Waals surface area contributed by atoms with Crippen LogP contribution in [-0.2, 0) is 16.1 Å². The van der Waals surface area contributed by atoms with E-state index in [0.717, 1.165) is 0 Å². The molecule has 0 fully saturated rings. The Labute approximate surface area is 131 Å². The first-order chi connectivity index (χ1) is 10.0. The summed E-state index contributed by atoms with van der Waals surface area (Å²) in [6, 6.07) is 8.10. The summed E-state index contributed by atoms with van der Waals surface area (Å²) < 4.78 is 5.07. The van der Waals surface area contributed by atoms with Gasteiger partial charge in [-0.05, 0) is 30.3 Å². The van der Waals surface area contributed by atoms with Crippen molar-refractivity contribution in [1.82, 2.24) is 5.32 Å². The molecule has 7 heteroatoms. The van der Waals surface area contributed by atoms with Crippen molar-refractivity contribution in [1.29, 1.82) is 0 Å². The van der Waals surface area contributed by atoms with E-state index in [1.54, 1.807) is 30.3 Å². The van der Waals surface area contributed by atoms with E-state index in [1.165, 1.54) is 6.26 Å².